The molecule has 0 aliphatic rings. The van der Waals surface area contributed by atoms with Crippen molar-refractivity contribution in [3.05, 3.63) is 0 Å². The van der Waals surface area contributed by atoms with Crippen LogP contribution < -0.4 is 0 Å². The van der Waals surface area contributed by atoms with Gasteiger partial charge in [0.1, 0.15) is 0 Å². The first-order chi connectivity index (χ1) is 7.85. The molecule has 0 radical (unpaired) electrons. The highest BCUT2D eigenvalue weighted by Gasteiger charge is 2.03. The van der Waals surface area contributed by atoms with Crippen molar-refractivity contribution >= 4 is 11.6 Å². The molecule has 0 aromatic rings. The molecule has 0 atom stereocenters. The first-order valence-electron chi connectivity index (χ1n) is 7.13. The van der Waals surface area contributed by atoms with Gasteiger partial charge in [-0.05, 0) is 25.9 Å². The normalized spacial score (nSPS) is 11.2. The smallest absolute Gasteiger partial charge is 0.0351 e. The van der Waals surface area contributed by atoms with Crippen LogP contribution in [0.5, 0.6) is 0 Å². The second-order valence-corrected chi connectivity index (χ2v) is 5.03. The Morgan fingerprint density at radius 3 is 1.56 bits per heavy atom. The van der Waals surface area contributed by atoms with Crippen LogP contribution >= 0.6 is 11.6 Å². The molecule has 0 saturated heterocycles. The van der Waals surface area contributed by atoms with Gasteiger partial charge in [0, 0.05) is 12.4 Å². The van der Waals surface area contributed by atoms with Gasteiger partial charge in [0.2, 0.25) is 0 Å². The number of hydrogen-bond acceptors (Lipinski definition) is 1. The summed E-state index contributed by atoms with van der Waals surface area (Å²) < 4.78 is 0. The Morgan fingerprint density at radius 2 is 1.19 bits per heavy atom. The van der Waals surface area contributed by atoms with Crippen molar-refractivity contribution in [3.63, 3.8) is 0 Å². The number of unbranched alkanes of at least 4 members (excludes halogenated alkanes) is 6. The van der Waals surface area contributed by atoms with Gasteiger partial charge >= 0.3 is 0 Å². The van der Waals surface area contributed by atoms with E-state index < -0.39 is 0 Å². The Hall–Kier alpha value is 0.250. The highest BCUT2D eigenvalue weighted by molar-refractivity contribution is 6.18. The molecule has 0 amide bonds. The average Bonchev–Trinajstić information content (AvgIpc) is 2.30. The van der Waals surface area contributed by atoms with E-state index in [1.54, 1.807) is 0 Å². The summed E-state index contributed by atoms with van der Waals surface area (Å²) in [5.41, 5.74) is 0. The number of alkyl halides is 1. The third kappa shape index (κ3) is 10.8. The summed E-state index contributed by atoms with van der Waals surface area (Å²) >= 11 is 5.83. The molecule has 0 aliphatic heterocycles. The molecular formula is C14H30ClN. The largest absolute Gasteiger partial charge is 0.302 e. The molecule has 98 valence electrons. The van der Waals surface area contributed by atoms with Gasteiger partial charge in [-0.2, -0.15) is 0 Å². The van der Waals surface area contributed by atoms with E-state index in [4.69, 9.17) is 11.6 Å². The lowest BCUT2D eigenvalue weighted by molar-refractivity contribution is 0.275. The van der Waals surface area contributed by atoms with Crippen molar-refractivity contribution in [2.45, 2.75) is 65.2 Å². The Bertz CT molecular complexity index is 116. The lowest BCUT2D eigenvalue weighted by Crippen LogP contribution is -2.28. The van der Waals surface area contributed by atoms with Crippen molar-refractivity contribution in [1.82, 2.24) is 4.90 Å². The Kier molecular flexibility index (Phi) is 13.5. The quantitative estimate of drug-likeness (QED) is 0.357. The van der Waals surface area contributed by atoms with Gasteiger partial charge < -0.3 is 4.90 Å². The number of hydrogen-bond donors (Lipinski definition) is 0. The SMILES string of the molecule is CCCCCCN(CCCl)CCCCCC. The fourth-order valence-electron chi connectivity index (χ4n) is 1.98. The molecule has 0 rings (SSSR count). The molecule has 2 heteroatoms. The summed E-state index contributed by atoms with van der Waals surface area (Å²) in [5, 5.41) is 0. The zero-order valence-electron chi connectivity index (χ0n) is 11.3. The molecule has 0 fully saturated rings. The van der Waals surface area contributed by atoms with Gasteiger partial charge in [-0.1, -0.05) is 52.4 Å². The van der Waals surface area contributed by atoms with Gasteiger partial charge in [0.05, 0.1) is 0 Å². The maximum absolute atomic E-state index is 5.83. The fraction of sp³-hybridized carbons (Fsp3) is 1.00. The molecule has 0 N–H and O–H groups in total. The van der Waals surface area contributed by atoms with Crippen LogP contribution in [0, 0.1) is 0 Å². The maximum Gasteiger partial charge on any atom is 0.0351 e. The molecule has 0 spiro atoms. The van der Waals surface area contributed by atoms with Crippen LogP contribution in [0.1, 0.15) is 65.2 Å². The summed E-state index contributed by atoms with van der Waals surface area (Å²) in [6.45, 7) is 8.10. The summed E-state index contributed by atoms with van der Waals surface area (Å²) in [5.74, 6) is 0.779. The van der Waals surface area contributed by atoms with Crippen molar-refractivity contribution in [3.8, 4) is 0 Å². The van der Waals surface area contributed by atoms with Crippen molar-refractivity contribution in [2.24, 2.45) is 0 Å². The van der Waals surface area contributed by atoms with Crippen LogP contribution in [0.3, 0.4) is 0 Å². The average molecular weight is 248 g/mol. The molecule has 1 nitrogen and oxygen atoms in total. The minimum atomic E-state index is 0.779. The first kappa shape index (κ1) is 16.2. The van der Waals surface area contributed by atoms with E-state index in [-0.39, 0.29) is 0 Å². The second kappa shape index (κ2) is 13.3. The lowest BCUT2D eigenvalue weighted by atomic mass is 10.1. The Labute approximate surface area is 108 Å². The van der Waals surface area contributed by atoms with E-state index in [2.05, 4.69) is 18.7 Å². The van der Waals surface area contributed by atoms with Crippen LogP contribution in [-0.4, -0.2) is 30.4 Å². The van der Waals surface area contributed by atoms with Crippen LogP contribution in [0.2, 0.25) is 0 Å². The van der Waals surface area contributed by atoms with Gasteiger partial charge in [-0.25, -0.2) is 0 Å². The minimum Gasteiger partial charge on any atom is -0.302 e. The highest BCUT2D eigenvalue weighted by atomic mass is 35.5. The third-order valence-electron chi connectivity index (χ3n) is 3.06. The second-order valence-electron chi connectivity index (χ2n) is 4.65. The van der Waals surface area contributed by atoms with E-state index in [9.17, 15) is 0 Å². The third-order valence-corrected chi connectivity index (χ3v) is 3.23. The molecule has 0 saturated carbocycles. The zero-order valence-corrected chi connectivity index (χ0v) is 12.1. The maximum atomic E-state index is 5.83. The van der Waals surface area contributed by atoms with Gasteiger partial charge in [0.15, 0.2) is 0 Å². The van der Waals surface area contributed by atoms with Crippen molar-refractivity contribution in [2.75, 3.05) is 25.5 Å². The Morgan fingerprint density at radius 1 is 0.688 bits per heavy atom. The molecule has 0 bridgehead atoms. The van der Waals surface area contributed by atoms with Gasteiger partial charge in [-0.15, -0.1) is 11.6 Å². The highest BCUT2D eigenvalue weighted by Crippen LogP contribution is 2.05. The summed E-state index contributed by atoms with van der Waals surface area (Å²) in [7, 11) is 0. The number of rotatable bonds is 12. The molecular weight excluding hydrogens is 218 g/mol. The molecule has 0 aromatic carbocycles. The van der Waals surface area contributed by atoms with Crippen molar-refractivity contribution < 1.29 is 0 Å². The summed E-state index contributed by atoms with van der Waals surface area (Å²) in [6.07, 6.45) is 10.9. The van der Waals surface area contributed by atoms with E-state index in [0.29, 0.717) is 0 Å². The monoisotopic (exact) mass is 247 g/mol. The predicted octanol–water partition coefficient (Wildman–Crippen LogP) is 4.69. The fourth-order valence-corrected chi connectivity index (χ4v) is 2.22. The van der Waals surface area contributed by atoms with Gasteiger partial charge in [-0.3, -0.25) is 0 Å². The molecule has 0 unspecified atom stereocenters. The van der Waals surface area contributed by atoms with E-state index >= 15 is 0 Å². The minimum absolute atomic E-state index is 0.779. The lowest BCUT2D eigenvalue weighted by Gasteiger charge is -2.21. The van der Waals surface area contributed by atoms with Crippen LogP contribution in [-0.2, 0) is 0 Å². The summed E-state index contributed by atoms with van der Waals surface area (Å²) in [6, 6.07) is 0. The topological polar surface area (TPSA) is 3.24 Å². The van der Waals surface area contributed by atoms with E-state index in [1.807, 2.05) is 0 Å². The van der Waals surface area contributed by atoms with Crippen LogP contribution in [0.25, 0.3) is 0 Å². The van der Waals surface area contributed by atoms with Crippen LogP contribution in [0.4, 0.5) is 0 Å². The predicted molar refractivity (Wildman–Crippen MR) is 75.4 cm³/mol. The van der Waals surface area contributed by atoms with E-state index in [0.717, 1.165) is 12.4 Å². The first-order valence-corrected chi connectivity index (χ1v) is 7.66. The molecule has 0 aromatic heterocycles. The van der Waals surface area contributed by atoms with Crippen LogP contribution in [0.15, 0.2) is 0 Å². The van der Waals surface area contributed by atoms with Crippen molar-refractivity contribution in [1.29, 1.82) is 0 Å². The standard InChI is InChI=1S/C14H30ClN/c1-3-5-7-9-12-16(14-11-15)13-10-8-6-4-2/h3-14H2,1-2H3. The Balaban J connectivity index is 3.45. The number of halogens is 1. The van der Waals surface area contributed by atoms with E-state index in [1.165, 1.54) is 64.5 Å². The van der Waals surface area contributed by atoms with Gasteiger partial charge in [0.25, 0.3) is 0 Å². The molecule has 0 aliphatic carbocycles. The molecule has 16 heavy (non-hydrogen) atoms. The zero-order chi connectivity index (χ0) is 12.1. The summed E-state index contributed by atoms with van der Waals surface area (Å²) in [4.78, 5) is 2.54. The number of nitrogens with zero attached hydrogens (tertiary/aromatic N) is 1. The molecule has 0 heterocycles.